The van der Waals surface area contributed by atoms with Gasteiger partial charge in [-0.25, -0.2) is 4.79 Å². The van der Waals surface area contributed by atoms with Crippen LogP contribution >= 0.6 is 11.8 Å². The molecule has 0 atom stereocenters. The van der Waals surface area contributed by atoms with Crippen molar-refractivity contribution in [3.63, 3.8) is 0 Å². The highest BCUT2D eigenvalue weighted by molar-refractivity contribution is 7.99. The number of aryl methyl sites for hydroxylation is 1. The molecule has 3 nitrogen and oxygen atoms in total. The lowest BCUT2D eigenvalue weighted by Gasteiger charge is -2.07. The van der Waals surface area contributed by atoms with Crippen molar-refractivity contribution in [2.45, 2.75) is 18.2 Å². The largest absolute Gasteiger partial charge is 0.494 e. The smallest absolute Gasteiger partial charge is 0.335 e. The summed E-state index contributed by atoms with van der Waals surface area (Å²) in [6, 6.07) is 14.9. The molecule has 0 spiro atoms. The van der Waals surface area contributed by atoms with Crippen molar-refractivity contribution in [3.05, 3.63) is 59.7 Å². The Morgan fingerprint density at radius 3 is 2.76 bits per heavy atom. The van der Waals surface area contributed by atoms with Gasteiger partial charge in [-0.2, -0.15) is 0 Å². The van der Waals surface area contributed by atoms with Crippen LogP contribution in [0.4, 0.5) is 0 Å². The van der Waals surface area contributed by atoms with Crippen LogP contribution in [0, 0.1) is 6.92 Å². The average molecular weight is 302 g/mol. The Labute approximate surface area is 129 Å². The van der Waals surface area contributed by atoms with Crippen LogP contribution in [0.1, 0.15) is 22.3 Å². The molecule has 0 aromatic heterocycles. The van der Waals surface area contributed by atoms with Crippen molar-refractivity contribution in [1.29, 1.82) is 0 Å². The number of aromatic carboxylic acids is 1. The standard InChI is InChI=1S/C17H18O3S/c1-13-6-2-3-9-16(13)21-11-5-10-20-15-8-4-7-14(12-15)17(18)19/h2-4,6-9,12H,5,10-11H2,1H3,(H,18,19). The molecule has 21 heavy (non-hydrogen) atoms. The molecule has 2 aromatic carbocycles. The quantitative estimate of drug-likeness (QED) is 0.613. The molecule has 1 N–H and O–H groups in total. The molecule has 110 valence electrons. The van der Waals surface area contributed by atoms with Crippen LogP contribution in [0.15, 0.2) is 53.4 Å². The van der Waals surface area contributed by atoms with E-state index in [9.17, 15) is 4.79 Å². The second-order valence-electron chi connectivity index (χ2n) is 4.65. The summed E-state index contributed by atoms with van der Waals surface area (Å²) in [4.78, 5) is 12.2. The number of hydrogen-bond donors (Lipinski definition) is 1. The first-order chi connectivity index (χ1) is 10.2. The minimum Gasteiger partial charge on any atom is -0.494 e. The fourth-order valence-electron chi connectivity index (χ4n) is 1.87. The van der Waals surface area contributed by atoms with Crippen LogP contribution in [-0.4, -0.2) is 23.4 Å². The van der Waals surface area contributed by atoms with E-state index in [1.54, 1.807) is 24.3 Å². The summed E-state index contributed by atoms with van der Waals surface area (Å²) in [5.41, 5.74) is 1.54. The van der Waals surface area contributed by atoms with Gasteiger partial charge in [-0.3, -0.25) is 0 Å². The molecule has 0 aliphatic carbocycles. The molecule has 0 unspecified atom stereocenters. The predicted octanol–water partition coefficient (Wildman–Crippen LogP) is 4.25. The minimum absolute atomic E-state index is 0.252. The Kier molecular flexibility index (Phi) is 5.69. The van der Waals surface area contributed by atoms with E-state index in [1.165, 1.54) is 10.5 Å². The lowest BCUT2D eigenvalue weighted by molar-refractivity contribution is 0.0696. The van der Waals surface area contributed by atoms with E-state index >= 15 is 0 Å². The SMILES string of the molecule is Cc1ccccc1SCCCOc1cccc(C(=O)O)c1. The maximum atomic E-state index is 10.9. The average Bonchev–Trinajstić information content (AvgIpc) is 2.49. The molecule has 0 saturated carbocycles. The van der Waals surface area contributed by atoms with Crippen LogP contribution in [0.2, 0.25) is 0 Å². The zero-order chi connectivity index (χ0) is 15.1. The first kappa shape index (κ1) is 15.4. The Morgan fingerprint density at radius 1 is 1.19 bits per heavy atom. The van der Waals surface area contributed by atoms with Crippen molar-refractivity contribution in [3.8, 4) is 5.75 Å². The molecule has 0 bridgehead atoms. The maximum absolute atomic E-state index is 10.9. The van der Waals surface area contributed by atoms with E-state index in [2.05, 4.69) is 19.1 Å². The highest BCUT2D eigenvalue weighted by atomic mass is 32.2. The normalized spacial score (nSPS) is 10.3. The van der Waals surface area contributed by atoms with Gasteiger partial charge >= 0.3 is 5.97 Å². The second-order valence-corrected chi connectivity index (χ2v) is 5.79. The Balaban J connectivity index is 1.74. The van der Waals surface area contributed by atoms with Gasteiger partial charge in [-0.1, -0.05) is 24.3 Å². The summed E-state index contributed by atoms with van der Waals surface area (Å²) in [7, 11) is 0. The van der Waals surface area contributed by atoms with E-state index in [1.807, 2.05) is 23.9 Å². The number of benzene rings is 2. The van der Waals surface area contributed by atoms with Crippen molar-refractivity contribution in [2.24, 2.45) is 0 Å². The van der Waals surface area contributed by atoms with Crippen LogP contribution in [0.25, 0.3) is 0 Å². The lowest BCUT2D eigenvalue weighted by Crippen LogP contribution is -2.01. The molecular formula is C17H18O3S. The highest BCUT2D eigenvalue weighted by Gasteiger charge is 2.03. The van der Waals surface area contributed by atoms with Crippen molar-refractivity contribution >= 4 is 17.7 Å². The molecule has 4 heteroatoms. The maximum Gasteiger partial charge on any atom is 0.335 e. The van der Waals surface area contributed by atoms with E-state index in [4.69, 9.17) is 9.84 Å². The van der Waals surface area contributed by atoms with Crippen LogP contribution in [0.3, 0.4) is 0 Å². The third kappa shape index (κ3) is 4.83. The predicted molar refractivity (Wildman–Crippen MR) is 85.4 cm³/mol. The van der Waals surface area contributed by atoms with Crippen molar-refractivity contribution in [1.82, 2.24) is 0 Å². The van der Waals surface area contributed by atoms with Gasteiger partial charge in [0.2, 0.25) is 0 Å². The summed E-state index contributed by atoms with van der Waals surface area (Å²) < 4.78 is 5.59. The van der Waals surface area contributed by atoms with Crippen LogP contribution in [-0.2, 0) is 0 Å². The van der Waals surface area contributed by atoms with Crippen molar-refractivity contribution < 1.29 is 14.6 Å². The van der Waals surface area contributed by atoms with E-state index in [-0.39, 0.29) is 5.56 Å². The Hall–Kier alpha value is -1.94. The molecule has 0 heterocycles. The van der Waals surface area contributed by atoms with Gasteiger partial charge in [-0.15, -0.1) is 11.8 Å². The first-order valence-electron chi connectivity index (χ1n) is 6.81. The number of hydrogen-bond acceptors (Lipinski definition) is 3. The Bertz CT molecular complexity index is 610. The van der Waals surface area contributed by atoms with Crippen molar-refractivity contribution in [2.75, 3.05) is 12.4 Å². The summed E-state index contributed by atoms with van der Waals surface area (Å²) in [5, 5.41) is 8.91. The Morgan fingerprint density at radius 2 is 2.00 bits per heavy atom. The molecule has 0 aliphatic rings. The molecule has 0 aliphatic heterocycles. The highest BCUT2D eigenvalue weighted by Crippen LogP contribution is 2.22. The van der Waals surface area contributed by atoms with E-state index in [0.29, 0.717) is 12.4 Å². The minimum atomic E-state index is -0.935. The van der Waals surface area contributed by atoms with E-state index < -0.39 is 5.97 Å². The summed E-state index contributed by atoms with van der Waals surface area (Å²) in [5.74, 6) is 0.648. The number of thioether (sulfide) groups is 1. The van der Waals surface area contributed by atoms with Gasteiger partial charge in [0.15, 0.2) is 0 Å². The number of carboxylic acids is 1. The summed E-state index contributed by atoms with van der Waals surface area (Å²) in [6.45, 7) is 2.69. The third-order valence-electron chi connectivity index (χ3n) is 2.99. The second kappa shape index (κ2) is 7.74. The topological polar surface area (TPSA) is 46.5 Å². The summed E-state index contributed by atoms with van der Waals surface area (Å²) >= 11 is 1.82. The third-order valence-corrected chi connectivity index (χ3v) is 4.25. The molecule has 0 fully saturated rings. The van der Waals surface area contributed by atoms with E-state index in [0.717, 1.165) is 12.2 Å². The van der Waals surface area contributed by atoms with Gasteiger partial charge in [-0.05, 0) is 43.2 Å². The number of carbonyl (C=O) groups is 1. The van der Waals surface area contributed by atoms with Gasteiger partial charge < -0.3 is 9.84 Å². The van der Waals surface area contributed by atoms with Crippen LogP contribution < -0.4 is 4.74 Å². The van der Waals surface area contributed by atoms with Crippen LogP contribution in [0.5, 0.6) is 5.75 Å². The van der Waals surface area contributed by atoms with Gasteiger partial charge in [0.1, 0.15) is 5.75 Å². The molecule has 2 rings (SSSR count). The van der Waals surface area contributed by atoms with Gasteiger partial charge in [0.05, 0.1) is 12.2 Å². The molecule has 0 radical (unpaired) electrons. The zero-order valence-corrected chi connectivity index (χ0v) is 12.7. The number of rotatable bonds is 7. The fraction of sp³-hybridized carbons (Fsp3) is 0.235. The van der Waals surface area contributed by atoms with Gasteiger partial charge in [0.25, 0.3) is 0 Å². The monoisotopic (exact) mass is 302 g/mol. The molecule has 0 saturated heterocycles. The molecule has 2 aromatic rings. The number of ether oxygens (including phenoxy) is 1. The number of carboxylic acid groups (broad SMARTS) is 1. The zero-order valence-electron chi connectivity index (χ0n) is 11.9. The molecular weight excluding hydrogens is 284 g/mol. The first-order valence-corrected chi connectivity index (χ1v) is 7.80. The summed E-state index contributed by atoms with van der Waals surface area (Å²) in [6.07, 6.45) is 0.913. The molecule has 0 amide bonds. The van der Waals surface area contributed by atoms with Gasteiger partial charge in [0, 0.05) is 10.6 Å². The fourth-order valence-corrected chi connectivity index (χ4v) is 2.82. The lowest BCUT2D eigenvalue weighted by atomic mass is 10.2.